The predicted octanol–water partition coefficient (Wildman–Crippen LogP) is 3.97. The summed E-state index contributed by atoms with van der Waals surface area (Å²) in [5.74, 6) is -0.185. The predicted molar refractivity (Wildman–Crippen MR) is 87.1 cm³/mol. The number of aryl methyl sites for hydroxylation is 2. The van der Waals surface area contributed by atoms with E-state index in [4.69, 9.17) is 5.73 Å². The molecular formula is C18H23FN2. The number of halogens is 1. The number of benzene rings is 2. The van der Waals surface area contributed by atoms with Gasteiger partial charge in [-0.2, -0.15) is 0 Å². The van der Waals surface area contributed by atoms with Gasteiger partial charge >= 0.3 is 0 Å². The minimum Gasteiger partial charge on any atom is -0.374 e. The van der Waals surface area contributed by atoms with Gasteiger partial charge in [0.2, 0.25) is 0 Å². The van der Waals surface area contributed by atoms with Crippen molar-refractivity contribution in [3.05, 3.63) is 65.0 Å². The van der Waals surface area contributed by atoms with Crippen molar-refractivity contribution in [1.82, 2.24) is 0 Å². The minimum atomic E-state index is -0.185. The van der Waals surface area contributed by atoms with Gasteiger partial charge in [-0.1, -0.05) is 30.3 Å². The first-order valence-electron chi connectivity index (χ1n) is 7.27. The molecule has 0 radical (unpaired) electrons. The molecule has 2 N–H and O–H groups in total. The van der Waals surface area contributed by atoms with Gasteiger partial charge in [0, 0.05) is 25.3 Å². The lowest BCUT2D eigenvalue weighted by Gasteiger charge is -2.23. The average molecular weight is 286 g/mol. The molecule has 112 valence electrons. The Hall–Kier alpha value is -1.87. The lowest BCUT2D eigenvalue weighted by atomic mass is 10.0. The molecule has 3 heteroatoms. The Labute approximate surface area is 126 Å². The fraction of sp³-hybridized carbons (Fsp3) is 0.333. The minimum absolute atomic E-state index is 0.147. The van der Waals surface area contributed by atoms with Crippen LogP contribution < -0.4 is 10.6 Å². The van der Waals surface area contributed by atoms with Crippen molar-refractivity contribution in [2.75, 3.05) is 18.5 Å². The molecule has 0 spiro atoms. The molecule has 0 saturated heterocycles. The first-order chi connectivity index (χ1) is 9.99. The molecule has 0 heterocycles. The fourth-order valence-electron chi connectivity index (χ4n) is 2.45. The quantitative estimate of drug-likeness (QED) is 0.901. The molecule has 0 saturated carbocycles. The summed E-state index contributed by atoms with van der Waals surface area (Å²) in [4.78, 5) is 2.19. The summed E-state index contributed by atoms with van der Waals surface area (Å²) in [7, 11) is 2.06. The van der Waals surface area contributed by atoms with E-state index in [2.05, 4.69) is 31.0 Å². The zero-order chi connectivity index (χ0) is 15.4. The number of anilines is 1. The highest BCUT2D eigenvalue weighted by atomic mass is 19.1. The summed E-state index contributed by atoms with van der Waals surface area (Å²) in [6.07, 6.45) is 0.785. The Kier molecular flexibility index (Phi) is 4.97. The molecule has 0 fully saturated rings. The average Bonchev–Trinajstić information content (AvgIpc) is 2.47. The van der Waals surface area contributed by atoms with Gasteiger partial charge in [0.05, 0.1) is 0 Å². The topological polar surface area (TPSA) is 29.3 Å². The SMILES string of the molecule is Cc1ccc(C(N)CCN(C)c2ccccc2C)cc1F. The van der Waals surface area contributed by atoms with Gasteiger partial charge in [-0.3, -0.25) is 0 Å². The Bertz CT molecular complexity index is 610. The van der Waals surface area contributed by atoms with E-state index in [0.717, 1.165) is 18.5 Å². The maximum Gasteiger partial charge on any atom is 0.126 e. The van der Waals surface area contributed by atoms with Crippen molar-refractivity contribution in [2.45, 2.75) is 26.3 Å². The summed E-state index contributed by atoms with van der Waals surface area (Å²) < 4.78 is 13.6. The van der Waals surface area contributed by atoms with Crippen LogP contribution in [-0.2, 0) is 0 Å². The number of nitrogens with zero attached hydrogens (tertiary/aromatic N) is 1. The Morgan fingerprint density at radius 2 is 1.81 bits per heavy atom. The van der Waals surface area contributed by atoms with E-state index < -0.39 is 0 Å². The van der Waals surface area contributed by atoms with Crippen molar-refractivity contribution in [1.29, 1.82) is 0 Å². The third-order valence-corrected chi connectivity index (χ3v) is 3.93. The highest BCUT2D eigenvalue weighted by Gasteiger charge is 2.10. The van der Waals surface area contributed by atoms with Gasteiger partial charge in [-0.15, -0.1) is 0 Å². The van der Waals surface area contributed by atoms with Crippen LogP contribution in [0.25, 0.3) is 0 Å². The van der Waals surface area contributed by atoms with Crippen molar-refractivity contribution in [2.24, 2.45) is 5.73 Å². The lowest BCUT2D eigenvalue weighted by Crippen LogP contribution is -2.24. The van der Waals surface area contributed by atoms with Crippen molar-refractivity contribution >= 4 is 5.69 Å². The van der Waals surface area contributed by atoms with Gasteiger partial charge < -0.3 is 10.6 Å². The second-order valence-electron chi connectivity index (χ2n) is 5.61. The van der Waals surface area contributed by atoms with Crippen LogP contribution in [0.15, 0.2) is 42.5 Å². The van der Waals surface area contributed by atoms with E-state index in [-0.39, 0.29) is 11.9 Å². The number of nitrogens with two attached hydrogens (primary N) is 1. The molecule has 2 aromatic carbocycles. The third-order valence-electron chi connectivity index (χ3n) is 3.93. The highest BCUT2D eigenvalue weighted by molar-refractivity contribution is 5.52. The lowest BCUT2D eigenvalue weighted by molar-refractivity contribution is 0.601. The van der Waals surface area contributed by atoms with Crippen LogP contribution in [0.3, 0.4) is 0 Å². The Morgan fingerprint density at radius 1 is 1.10 bits per heavy atom. The largest absolute Gasteiger partial charge is 0.374 e. The summed E-state index contributed by atoms with van der Waals surface area (Å²) in [5.41, 5.74) is 10.2. The second-order valence-corrected chi connectivity index (χ2v) is 5.61. The molecule has 1 atom stereocenters. The van der Waals surface area contributed by atoms with Crippen LogP contribution in [0.2, 0.25) is 0 Å². The zero-order valence-electron chi connectivity index (χ0n) is 12.9. The van der Waals surface area contributed by atoms with Crippen LogP contribution in [0.4, 0.5) is 10.1 Å². The molecular weight excluding hydrogens is 263 g/mol. The second kappa shape index (κ2) is 6.72. The molecule has 1 unspecified atom stereocenters. The van der Waals surface area contributed by atoms with Crippen molar-refractivity contribution < 1.29 is 4.39 Å². The van der Waals surface area contributed by atoms with E-state index in [1.54, 1.807) is 19.1 Å². The highest BCUT2D eigenvalue weighted by Crippen LogP contribution is 2.21. The monoisotopic (exact) mass is 286 g/mol. The fourth-order valence-corrected chi connectivity index (χ4v) is 2.45. The van der Waals surface area contributed by atoms with E-state index >= 15 is 0 Å². The number of hydrogen-bond donors (Lipinski definition) is 1. The molecule has 0 aliphatic heterocycles. The summed E-state index contributed by atoms with van der Waals surface area (Å²) in [6, 6.07) is 13.4. The Balaban J connectivity index is 1.99. The van der Waals surface area contributed by atoms with Gasteiger partial charge in [-0.25, -0.2) is 4.39 Å². The number of rotatable bonds is 5. The van der Waals surface area contributed by atoms with Crippen molar-refractivity contribution in [3.63, 3.8) is 0 Å². The zero-order valence-corrected chi connectivity index (χ0v) is 12.9. The number of hydrogen-bond acceptors (Lipinski definition) is 2. The number of para-hydroxylation sites is 1. The maximum absolute atomic E-state index is 13.6. The molecule has 0 bridgehead atoms. The summed E-state index contributed by atoms with van der Waals surface area (Å²) in [5, 5.41) is 0. The first-order valence-corrected chi connectivity index (χ1v) is 7.27. The molecule has 0 amide bonds. The van der Waals surface area contributed by atoms with Gasteiger partial charge in [-0.05, 0) is 49.1 Å². The van der Waals surface area contributed by atoms with Gasteiger partial charge in [0.25, 0.3) is 0 Å². The van der Waals surface area contributed by atoms with E-state index in [9.17, 15) is 4.39 Å². The van der Waals surface area contributed by atoms with Crippen LogP contribution in [0.1, 0.15) is 29.2 Å². The smallest absolute Gasteiger partial charge is 0.126 e. The van der Waals surface area contributed by atoms with E-state index in [1.807, 2.05) is 18.2 Å². The summed E-state index contributed by atoms with van der Waals surface area (Å²) >= 11 is 0. The maximum atomic E-state index is 13.6. The standard InChI is InChI=1S/C18H23FN2/c1-13-8-9-15(12-16(13)19)17(20)10-11-21(3)18-7-5-4-6-14(18)2/h4-9,12,17H,10-11,20H2,1-3H3. The molecule has 2 aromatic rings. The first kappa shape index (κ1) is 15.5. The van der Waals surface area contributed by atoms with E-state index in [0.29, 0.717) is 5.56 Å². The molecule has 21 heavy (non-hydrogen) atoms. The molecule has 2 nitrogen and oxygen atoms in total. The normalized spacial score (nSPS) is 12.2. The molecule has 0 aromatic heterocycles. The van der Waals surface area contributed by atoms with E-state index in [1.165, 1.54) is 11.3 Å². The van der Waals surface area contributed by atoms with Crippen LogP contribution in [-0.4, -0.2) is 13.6 Å². The van der Waals surface area contributed by atoms with Gasteiger partial charge in [0.15, 0.2) is 0 Å². The van der Waals surface area contributed by atoms with Crippen LogP contribution in [0, 0.1) is 19.7 Å². The van der Waals surface area contributed by atoms with Gasteiger partial charge in [0.1, 0.15) is 5.82 Å². The molecule has 0 aliphatic carbocycles. The van der Waals surface area contributed by atoms with Crippen LogP contribution >= 0.6 is 0 Å². The van der Waals surface area contributed by atoms with Crippen molar-refractivity contribution in [3.8, 4) is 0 Å². The molecule has 2 rings (SSSR count). The molecule has 0 aliphatic rings. The van der Waals surface area contributed by atoms with Crippen LogP contribution in [0.5, 0.6) is 0 Å². The third kappa shape index (κ3) is 3.82. The Morgan fingerprint density at radius 3 is 2.48 bits per heavy atom. The summed E-state index contributed by atoms with van der Waals surface area (Å²) in [6.45, 7) is 4.69.